The van der Waals surface area contributed by atoms with Crippen molar-refractivity contribution in [3.8, 4) is 0 Å². The van der Waals surface area contributed by atoms with Crippen molar-refractivity contribution in [3.63, 3.8) is 0 Å². The van der Waals surface area contributed by atoms with E-state index in [0.29, 0.717) is 34.6 Å². The van der Waals surface area contributed by atoms with E-state index in [4.69, 9.17) is 11.6 Å². The minimum atomic E-state index is -4.70. The molecule has 33 heavy (non-hydrogen) atoms. The first-order valence-corrected chi connectivity index (χ1v) is 11.2. The molecule has 3 aromatic rings. The van der Waals surface area contributed by atoms with Crippen molar-refractivity contribution < 1.29 is 27.2 Å². The van der Waals surface area contributed by atoms with Crippen LogP contribution < -0.4 is 10.2 Å². The third kappa shape index (κ3) is 5.04. The Morgan fingerprint density at radius 2 is 1.76 bits per heavy atom. The van der Waals surface area contributed by atoms with E-state index in [1.807, 2.05) is 0 Å². The van der Waals surface area contributed by atoms with E-state index < -0.39 is 29.0 Å². The van der Waals surface area contributed by atoms with Crippen molar-refractivity contribution in [2.75, 3.05) is 16.8 Å². The molecule has 0 spiro atoms. The van der Waals surface area contributed by atoms with Crippen molar-refractivity contribution in [1.82, 2.24) is 0 Å². The van der Waals surface area contributed by atoms with Crippen LogP contribution in [0.5, 0.6) is 0 Å². The third-order valence-corrected chi connectivity index (χ3v) is 6.57. The van der Waals surface area contributed by atoms with Crippen LogP contribution in [0.1, 0.15) is 44.0 Å². The van der Waals surface area contributed by atoms with Crippen molar-refractivity contribution in [3.05, 3.63) is 80.3 Å². The van der Waals surface area contributed by atoms with E-state index in [1.165, 1.54) is 35.6 Å². The Bertz CT molecular complexity index is 1210. The van der Waals surface area contributed by atoms with Crippen LogP contribution >= 0.6 is 22.9 Å². The molecule has 1 aliphatic rings. The molecule has 0 atom stereocenters. The molecule has 2 amide bonds. The fraction of sp³-hybridized carbons (Fsp3) is 0.217. The van der Waals surface area contributed by atoms with Gasteiger partial charge in [-0.2, -0.15) is 13.2 Å². The lowest BCUT2D eigenvalue weighted by Crippen LogP contribution is -2.31. The quantitative estimate of drug-likeness (QED) is 0.406. The first-order chi connectivity index (χ1) is 15.6. The number of carbonyl (C=O) groups excluding carboxylic acids is 2. The average molecular weight is 497 g/mol. The number of alkyl halides is 3. The summed E-state index contributed by atoms with van der Waals surface area (Å²) in [6.07, 6.45) is -2.05. The number of amides is 2. The van der Waals surface area contributed by atoms with Crippen LogP contribution in [0, 0.1) is 5.82 Å². The third-order valence-electron chi connectivity index (χ3n) is 5.26. The Morgan fingerprint density at radius 3 is 2.45 bits per heavy atom. The largest absolute Gasteiger partial charge is 0.416 e. The summed E-state index contributed by atoms with van der Waals surface area (Å²) in [5.74, 6) is -2.32. The molecular formula is C23H17ClF4N2O2S. The number of fused-ring (bicyclic) bond motifs is 1. The van der Waals surface area contributed by atoms with Gasteiger partial charge in [0.05, 0.1) is 21.2 Å². The van der Waals surface area contributed by atoms with Gasteiger partial charge in [0, 0.05) is 22.7 Å². The van der Waals surface area contributed by atoms with Crippen LogP contribution in [0.2, 0.25) is 4.34 Å². The monoisotopic (exact) mass is 496 g/mol. The number of aryl methyl sites for hydroxylation is 1. The normalized spacial score (nSPS) is 13.9. The molecule has 2 heterocycles. The Morgan fingerprint density at radius 1 is 1.03 bits per heavy atom. The Balaban J connectivity index is 1.51. The van der Waals surface area contributed by atoms with Crippen molar-refractivity contribution in [2.24, 2.45) is 0 Å². The van der Waals surface area contributed by atoms with Gasteiger partial charge in [0.15, 0.2) is 0 Å². The molecule has 1 N–H and O–H groups in total. The molecule has 2 aromatic carbocycles. The van der Waals surface area contributed by atoms with Crippen molar-refractivity contribution >= 4 is 46.1 Å². The lowest BCUT2D eigenvalue weighted by atomic mass is 10.1. The summed E-state index contributed by atoms with van der Waals surface area (Å²) in [7, 11) is 0. The Kier molecular flexibility index (Phi) is 6.45. The second kappa shape index (κ2) is 9.15. The molecule has 4 nitrogen and oxygen atoms in total. The number of carbonyl (C=O) groups is 2. The summed E-state index contributed by atoms with van der Waals surface area (Å²) in [5.41, 5.74) is -0.474. The number of nitrogens with one attached hydrogen (secondary N) is 1. The van der Waals surface area contributed by atoms with Gasteiger partial charge >= 0.3 is 6.18 Å². The van der Waals surface area contributed by atoms with Gasteiger partial charge in [-0.05, 0) is 67.8 Å². The average Bonchev–Trinajstić information content (AvgIpc) is 3.02. The number of hydrogen-bond acceptors (Lipinski definition) is 3. The molecule has 0 aliphatic carbocycles. The Labute approximate surface area is 195 Å². The summed E-state index contributed by atoms with van der Waals surface area (Å²) in [6, 6.07) is 9.30. The highest BCUT2D eigenvalue weighted by molar-refractivity contribution is 7.16. The van der Waals surface area contributed by atoms with Gasteiger partial charge in [-0.25, -0.2) is 4.39 Å². The highest BCUT2D eigenvalue weighted by Gasteiger charge is 2.32. The second-order valence-corrected chi connectivity index (χ2v) is 9.26. The molecule has 0 saturated carbocycles. The van der Waals surface area contributed by atoms with Crippen molar-refractivity contribution in [1.29, 1.82) is 0 Å². The van der Waals surface area contributed by atoms with Gasteiger partial charge in [-0.15, -0.1) is 11.3 Å². The molecule has 0 radical (unpaired) electrons. The van der Waals surface area contributed by atoms with E-state index >= 15 is 0 Å². The van der Waals surface area contributed by atoms with Crippen LogP contribution in [0.25, 0.3) is 0 Å². The summed E-state index contributed by atoms with van der Waals surface area (Å²) in [6.45, 7) is 0.548. The topological polar surface area (TPSA) is 49.4 Å². The molecule has 0 bridgehead atoms. The maximum absolute atomic E-state index is 14.0. The summed E-state index contributed by atoms with van der Waals surface area (Å²) in [4.78, 5) is 28.2. The standard InChI is InChI=1S/C23H17ClF4N2O2S/c24-20-12-18-19(33-20)3-1-2-10-30(18)22(32)13-4-7-15(8-5-13)29-21(31)16-11-14(23(26,27)28)6-9-17(16)25/h4-9,11-12H,1-3,10H2,(H,29,31). The maximum Gasteiger partial charge on any atom is 0.416 e. The zero-order valence-corrected chi connectivity index (χ0v) is 18.6. The lowest BCUT2D eigenvalue weighted by molar-refractivity contribution is -0.137. The fourth-order valence-electron chi connectivity index (χ4n) is 3.61. The molecule has 0 saturated heterocycles. The van der Waals surface area contributed by atoms with Crippen LogP contribution in [0.15, 0.2) is 48.5 Å². The first-order valence-electron chi connectivity index (χ1n) is 10.0. The molecule has 4 rings (SSSR count). The van der Waals surface area contributed by atoms with E-state index in [9.17, 15) is 27.2 Å². The minimum absolute atomic E-state index is 0.212. The number of nitrogens with zero attached hydrogens (tertiary/aromatic N) is 1. The van der Waals surface area contributed by atoms with Gasteiger partial charge in [-0.3, -0.25) is 9.59 Å². The van der Waals surface area contributed by atoms with E-state index in [2.05, 4.69) is 5.32 Å². The van der Waals surface area contributed by atoms with Gasteiger partial charge in [-0.1, -0.05) is 11.6 Å². The predicted molar refractivity (Wildman–Crippen MR) is 120 cm³/mol. The van der Waals surface area contributed by atoms with Gasteiger partial charge in [0.25, 0.3) is 11.8 Å². The van der Waals surface area contributed by atoms with Gasteiger partial charge in [0.1, 0.15) is 5.82 Å². The number of benzene rings is 2. The maximum atomic E-state index is 14.0. The van der Waals surface area contributed by atoms with Gasteiger partial charge < -0.3 is 10.2 Å². The number of hydrogen-bond donors (Lipinski definition) is 1. The smallest absolute Gasteiger partial charge is 0.322 e. The predicted octanol–water partition coefficient (Wildman–Crippen LogP) is 6.79. The molecule has 1 aromatic heterocycles. The van der Waals surface area contributed by atoms with Crippen LogP contribution in [0.4, 0.5) is 28.9 Å². The first kappa shape index (κ1) is 23.3. The Hall–Kier alpha value is -2.91. The summed E-state index contributed by atoms with van der Waals surface area (Å²) < 4.78 is 53.2. The number of rotatable bonds is 3. The van der Waals surface area contributed by atoms with Crippen molar-refractivity contribution in [2.45, 2.75) is 25.4 Å². The van der Waals surface area contributed by atoms with E-state index in [0.717, 1.165) is 29.8 Å². The van der Waals surface area contributed by atoms with Crippen LogP contribution in [-0.2, 0) is 12.6 Å². The van der Waals surface area contributed by atoms with Crippen LogP contribution in [0.3, 0.4) is 0 Å². The molecule has 0 unspecified atom stereocenters. The summed E-state index contributed by atoms with van der Waals surface area (Å²) >= 11 is 7.59. The second-order valence-electron chi connectivity index (χ2n) is 7.50. The molecule has 0 fully saturated rings. The SMILES string of the molecule is O=C(Nc1ccc(C(=O)N2CCCCc3sc(Cl)cc32)cc1)c1cc(C(F)(F)F)ccc1F. The number of thiophene rings is 1. The highest BCUT2D eigenvalue weighted by Crippen LogP contribution is 2.37. The molecule has 1 aliphatic heterocycles. The summed E-state index contributed by atoms with van der Waals surface area (Å²) in [5, 5.41) is 2.37. The lowest BCUT2D eigenvalue weighted by Gasteiger charge is -2.21. The highest BCUT2D eigenvalue weighted by atomic mass is 35.5. The fourth-order valence-corrected chi connectivity index (χ4v) is 4.92. The van der Waals surface area contributed by atoms with Gasteiger partial charge in [0.2, 0.25) is 0 Å². The zero-order chi connectivity index (χ0) is 23.8. The van der Waals surface area contributed by atoms with Crippen LogP contribution in [-0.4, -0.2) is 18.4 Å². The molecule has 172 valence electrons. The van der Waals surface area contributed by atoms with E-state index in [1.54, 1.807) is 11.0 Å². The molecule has 10 heteroatoms. The minimum Gasteiger partial charge on any atom is -0.322 e. The molecular weight excluding hydrogens is 480 g/mol. The van der Waals surface area contributed by atoms with E-state index in [-0.39, 0.29) is 11.6 Å². The number of anilines is 2. The number of halogens is 5. The zero-order valence-electron chi connectivity index (χ0n) is 17.0.